The zero-order chi connectivity index (χ0) is 27.4. The zero-order valence-electron chi connectivity index (χ0n) is 21.9. The van der Waals surface area contributed by atoms with E-state index in [9.17, 15) is 19.5 Å². The molecule has 196 valence electrons. The molecule has 38 heavy (non-hydrogen) atoms. The summed E-state index contributed by atoms with van der Waals surface area (Å²) in [6.07, 6.45) is 0.690. The second-order valence-electron chi connectivity index (χ2n) is 9.41. The fourth-order valence-corrected chi connectivity index (χ4v) is 4.42. The summed E-state index contributed by atoms with van der Waals surface area (Å²) >= 11 is 0. The number of hydrogen-bond donors (Lipinski definition) is 1. The highest BCUT2D eigenvalue weighted by atomic mass is 16.5. The van der Waals surface area contributed by atoms with Crippen LogP contribution in [-0.2, 0) is 14.3 Å². The first kappa shape index (κ1) is 26.7. The summed E-state index contributed by atoms with van der Waals surface area (Å²) in [5.41, 5.74) is 2.62. The molecule has 0 bridgehead atoms. The number of aliphatic hydroxyl groups is 1. The molecule has 1 aliphatic rings. The van der Waals surface area contributed by atoms with Gasteiger partial charge in [-0.15, -0.1) is 0 Å². The van der Waals surface area contributed by atoms with Crippen LogP contribution in [0.1, 0.15) is 60.3 Å². The van der Waals surface area contributed by atoms with Crippen LogP contribution in [0.15, 0.2) is 78.4 Å². The zero-order valence-corrected chi connectivity index (χ0v) is 21.9. The van der Waals surface area contributed by atoms with Crippen LogP contribution in [-0.4, -0.2) is 35.5 Å². The number of nitrogens with zero attached hydrogens (tertiary/aromatic N) is 1. The van der Waals surface area contributed by atoms with Gasteiger partial charge in [0.1, 0.15) is 11.5 Å². The van der Waals surface area contributed by atoms with Crippen LogP contribution in [0.4, 0.5) is 5.69 Å². The van der Waals surface area contributed by atoms with Gasteiger partial charge in [-0.1, -0.05) is 37.3 Å². The average Bonchev–Trinajstić information content (AvgIpc) is 3.18. The van der Waals surface area contributed by atoms with Crippen LogP contribution >= 0.6 is 0 Å². The monoisotopic (exact) mass is 513 g/mol. The van der Waals surface area contributed by atoms with Crippen molar-refractivity contribution < 1.29 is 29.0 Å². The van der Waals surface area contributed by atoms with Crippen molar-refractivity contribution in [1.82, 2.24) is 0 Å². The van der Waals surface area contributed by atoms with E-state index >= 15 is 0 Å². The average molecular weight is 514 g/mol. The van der Waals surface area contributed by atoms with Gasteiger partial charge >= 0.3 is 5.97 Å². The second kappa shape index (κ2) is 11.3. The number of Topliss-reactive ketones (excluding diaryl/α,β-unsaturated/α-hetero) is 1. The second-order valence-corrected chi connectivity index (χ2v) is 9.41. The quantitative estimate of drug-likeness (QED) is 0.173. The largest absolute Gasteiger partial charge is 0.507 e. The summed E-state index contributed by atoms with van der Waals surface area (Å²) in [6, 6.07) is 19.7. The number of carbonyl (C=O) groups excluding carboxylic acids is 3. The topological polar surface area (TPSA) is 93.1 Å². The number of ketones is 1. The molecule has 0 spiro atoms. The number of anilines is 1. The summed E-state index contributed by atoms with van der Waals surface area (Å²) in [5, 5.41) is 11.4. The van der Waals surface area contributed by atoms with E-state index in [0.29, 0.717) is 41.2 Å². The highest BCUT2D eigenvalue weighted by molar-refractivity contribution is 6.51. The number of hydrogen-bond acceptors (Lipinski definition) is 6. The minimum atomic E-state index is -0.860. The predicted molar refractivity (Wildman–Crippen MR) is 145 cm³/mol. The van der Waals surface area contributed by atoms with Crippen molar-refractivity contribution in [3.8, 4) is 5.75 Å². The normalized spacial score (nSPS) is 16.7. The molecule has 1 aliphatic heterocycles. The molecule has 1 saturated heterocycles. The molecule has 0 saturated carbocycles. The minimum Gasteiger partial charge on any atom is -0.507 e. The summed E-state index contributed by atoms with van der Waals surface area (Å²) in [5.74, 6) is -1.60. The van der Waals surface area contributed by atoms with E-state index in [1.54, 1.807) is 54.6 Å². The van der Waals surface area contributed by atoms with E-state index in [-0.39, 0.29) is 17.4 Å². The maximum absolute atomic E-state index is 13.4. The molecular formula is C31H31NO6. The SMILES string of the molecule is CCCOC(=O)c1ccc(N2C(=O)C(=O)/C(=C(\O)c3ccc(OC(C)C)c(C)c3)C2c2ccccc2)cc1. The summed E-state index contributed by atoms with van der Waals surface area (Å²) < 4.78 is 11.0. The van der Waals surface area contributed by atoms with Crippen molar-refractivity contribution in [2.24, 2.45) is 0 Å². The van der Waals surface area contributed by atoms with Gasteiger partial charge in [0.15, 0.2) is 0 Å². The Kier molecular flexibility index (Phi) is 7.96. The Bertz CT molecular complexity index is 1380. The Balaban J connectivity index is 1.79. The summed E-state index contributed by atoms with van der Waals surface area (Å²) in [7, 11) is 0. The molecule has 0 aliphatic carbocycles. The van der Waals surface area contributed by atoms with Gasteiger partial charge in [-0.2, -0.15) is 0 Å². The first-order valence-corrected chi connectivity index (χ1v) is 12.6. The van der Waals surface area contributed by atoms with Gasteiger partial charge in [0.05, 0.1) is 29.9 Å². The lowest BCUT2D eigenvalue weighted by Crippen LogP contribution is -2.29. The predicted octanol–water partition coefficient (Wildman–Crippen LogP) is 5.98. The highest BCUT2D eigenvalue weighted by Gasteiger charge is 2.47. The van der Waals surface area contributed by atoms with Gasteiger partial charge in [0.2, 0.25) is 0 Å². The molecule has 0 radical (unpaired) electrons. The Labute approximate surface area is 222 Å². The number of amides is 1. The Morgan fingerprint density at radius 1 is 0.974 bits per heavy atom. The molecule has 4 rings (SSSR count). The summed E-state index contributed by atoms with van der Waals surface area (Å²) in [4.78, 5) is 40.3. The van der Waals surface area contributed by atoms with Crippen LogP contribution < -0.4 is 9.64 Å². The molecule has 3 aromatic rings. The Hall–Kier alpha value is -4.39. The number of aryl methyl sites for hydroxylation is 1. The fraction of sp³-hybridized carbons (Fsp3) is 0.258. The van der Waals surface area contributed by atoms with Crippen LogP contribution in [0.2, 0.25) is 0 Å². The van der Waals surface area contributed by atoms with Crippen molar-refractivity contribution in [2.45, 2.75) is 46.3 Å². The van der Waals surface area contributed by atoms with Crippen molar-refractivity contribution in [2.75, 3.05) is 11.5 Å². The van der Waals surface area contributed by atoms with E-state index in [1.165, 1.54) is 4.90 Å². The van der Waals surface area contributed by atoms with Gasteiger partial charge in [0.25, 0.3) is 11.7 Å². The van der Waals surface area contributed by atoms with E-state index in [1.807, 2.05) is 45.9 Å². The van der Waals surface area contributed by atoms with Crippen LogP contribution in [0.25, 0.3) is 5.76 Å². The van der Waals surface area contributed by atoms with E-state index in [0.717, 1.165) is 5.56 Å². The number of carbonyl (C=O) groups is 3. The van der Waals surface area contributed by atoms with Crippen LogP contribution in [0, 0.1) is 6.92 Å². The van der Waals surface area contributed by atoms with Crippen LogP contribution in [0.3, 0.4) is 0 Å². The third-order valence-electron chi connectivity index (χ3n) is 6.19. The third-order valence-corrected chi connectivity index (χ3v) is 6.19. The molecule has 7 heteroatoms. The molecule has 7 nitrogen and oxygen atoms in total. The van der Waals surface area contributed by atoms with Crippen molar-refractivity contribution >= 4 is 29.1 Å². The van der Waals surface area contributed by atoms with Crippen molar-refractivity contribution in [1.29, 1.82) is 0 Å². The smallest absolute Gasteiger partial charge is 0.338 e. The maximum atomic E-state index is 13.4. The van der Waals surface area contributed by atoms with Crippen molar-refractivity contribution in [3.63, 3.8) is 0 Å². The first-order valence-electron chi connectivity index (χ1n) is 12.6. The van der Waals surface area contributed by atoms with E-state index in [4.69, 9.17) is 9.47 Å². The first-order chi connectivity index (χ1) is 18.2. The number of benzene rings is 3. The summed E-state index contributed by atoms with van der Waals surface area (Å²) in [6.45, 7) is 7.93. The lowest BCUT2D eigenvalue weighted by Gasteiger charge is -2.25. The van der Waals surface area contributed by atoms with Gasteiger partial charge < -0.3 is 14.6 Å². The molecule has 3 aromatic carbocycles. The van der Waals surface area contributed by atoms with Crippen LogP contribution in [0.5, 0.6) is 5.75 Å². The van der Waals surface area contributed by atoms with Gasteiger partial charge in [-0.05, 0) is 80.8 Å². The van der Waals surface area contributed by atoms with Gasteiger partial charge in [-0.3, -0.25) is 14.5 Å². The highest BCUT2D eigenvalue weighted by Crippen LogP contribution is 2.42. The molecule has 1 amide bonds. The Morgan fingerprint density at radius 2 is 1.63 bits per heavy atom. The number of aliphatic hydroxyl groups excluding tert-OH is 1. The number of rotatable bonds is 8. The van der Waals surface area contributed by atoms with Crippen molar-refractivity contribution in [3.05, 3.63) is 101 Å². The van der Waals surface area contributed by atoms with E-state index < -0.39 is 23.7 Å². The third kappa shape index (κ3) is 5.32. The molecular weight excluding hydrogens is 482 g/mol. The van der Waals surface area contributed by atoms with Gasteiger partial charge in [-0.25, -0.2) is 4.79 Å². The number of esters is 1. The Morgan fingerprint density at radius 3 is 2.24 bits per heavy atom. The molecule has 1 heterocycles. The minimum absolute atomic E-state index is 0.00967. The standard InChI is InChI=1S/C31H31NO6/c1-5-17-37-31(36)22-11-14-24(15-12-22)32-27(21-9-7-6-8-10-21)26(29(34)30(32)35)28(33)23-13-16-25(20(4)18-23)38-19(2)3/h6-16,18-19,27,33H,5,17H2,1-4H3/b28-26-. The van der Waals surface area contributed by atoms with Gasteiger partial charge in [0, 0.05) is 11.3 Å². The maximum Gasteiger partial charge on any atom is 0.338 e. The molecule has 0 aromatic heterocycles. The molecule has 1 fully saturated rings. The lowest BCUT2D eigenvalue weighted by molar-refractivity contribution is -0.132. The van der Waals surface area contributed by atoms with E-state index in [2.05, 4.69) is 0 Å². The molecule has 1 N–H and O–H groups in total. The number of ether oxygens (including phenoxy) is 2. The lowest BCUT2D eigenvalue weighted by atomic mass is 9.94. The molecule has 1 unspecified atom stereocenters. The fourth-order valence-electron chi connectivity index (χ4n) is 4.42. The molecule has 1 atom stereocenters.